The molecule has 5 heteroatoms. The number of hydrogen-bond donors (Lipinski definition) is 0. The van der Waals surface area contributed by atoms with E-state index in [1.165, 1.54) is 4.68 Å². The summed E-state index contributed by atoms with van der Waals surface area (Å²) < 4.78 is 1.34. The van der Waals surface area contributed by atoms with Gasteiger partial charge in [-0.25, -0.2) is 4.68 Å². The van der Waals surface area contributed by atoms with Gasteiger partial charge in [0.15, 0.2) is 0 Å². The molecule has 0 bridgehead atoms. The van der Waals surface area contributed by atoms with Crippen LogP contribution in [0.3, 0.4) is 0 Å². The van der Waals surface area contributed by atoms with Crippen molar-refractivity contribution in [3.8, 4) is 0 Å². The lowest BCUT2D eigenvalue weighted by molar-refractivity contribution is -0.121. The van der Waals surface area contributed by atoms with E-state index in [-0.39, 0.29) is 11.5 Å². The maximum atomic E-state index is 13.0. The zero-order chi connectivity index (χ0) is 17.3. The molecular weight excluding hydrogens is 302 g/mol. The molecule has 1 heterocycles. The first-order chi connectivity index (χ1) is 11.5. The summed E-state index contributed by atoms with van der Waals surface area (Å²) in [7, 11) is 0. The molecule has 2 aromatic rings. The molecule has 1 amide bonds. The fourth-order valence-corrected chi connectivity index (χ4v) is 3.33. The second kappa shape index (κ2) is 6.59. The van der Waals surface area contributed by atoms with Gasteiger partial charge in [0.05, 0.1) is 5.69 Å². The standard InChI is InChI=1S/C19H23N3O2/c1-4-21(17-11-6-5-8-13(17)2)19(24)14(3)22-18(23)12-15-9-7-10-16(15)20-22/h5-6,8,11-12,14H,4,7,9-10H2,1-3H3. The molecule has 0 saturated carbocycles. The van der Waals surface area contributed by atoms with Crippen LogP contribution in [0.1, 0.15) is 43.1 Å². The summed E-state index contributed by atoms with van der Waals surface area (Å²) >= 11 is 0. The van der Waals surface area contributed by atoms with Crippen LogP contribution in [0.25, 0.3) is 0 Å². The van der Waals surface area contributed by atoms with Crippen LogP contribution in [0.2, 0.25) is 0 Å². The molecule has 1 aromatic carbocycles. The van der Waals surface area contributed by atoms with Crippen molar-refractivity contribution in [1.29, 1.82) is 0 Å². The first-order valence-corrected chi connectivity index (χ1v) is 8.51. The number of aromatic nitrogens is 2. The Morgan fingerprint density at radius 2 is 2.08 bits per heavy atom. The molecule has 5 nitrogen and oxygen atoms in total. The lowest BCUT2D eigenvalue weighted by atomic mass is 10.1. The lowest BCUT2D eigenvalue weighted by Crippen LogP contribution is -2.40. The number of rotatable bonds is 4. The van der Waals surface area contributed by atoms with Crippen LogP contribution in [0.4, 0.5) is 5.69 Å². The fourth-order valence-electron chi connectivity index (χ4n) is 3.33. The maximum Gasteiger partial charge on any atom is 0.267 e. The van der Waals surface area contributed by atoms with E-state index in [0.29, 0.717) is 6.54 Å². The van der Waals surface area contributed by atoms with Crippen LogP contribution >= 0.6 is 0 Å². The Bertz CT molecular complexity index is 826. The molecule has 1 atom stereocenters. The summed E-state index contributed by atoms with van der Waals surface area (Å²) in [6.07, 6.45) is 2.81. The van der Waals surface area contributed by atoms with Gasteiger partial charge >= 0.3 is 0 Å². The zero-order valence-electron chi connectivity index (χ0n) is 14.5. The van der Waals surface area contributed by atoms with Gasteiger partial charge in [-0.1, -0.05) is 18.2 Å². The molecule has 0 N–H and O–H groups in total. The monoisotopic (exact) mass is 325 g/mol. The molecular formula is C19H23N3O2. The SMILES string of the molecule is CCN(C(=O)C(C)n1nc2c(cc1=O)CCC2)c1ccccc1C. The molecule has 0 aliphatic heterocycles. The van der Waals surface area contributed by atoms with Gasteiger partial charge < -0.3 is 4.90 Å². The number of fused-ring (bicyclic) bond motifs is 1. The minimum atomic E-state index is -0.622. The average Bonchev–Trinajstić information content (AvgIpc) is 3.02. The van der Waals surface area contributed by atoms with Gasteiger partial charge in [-0.2, -0.15) is 5.10 Å². The van der Waals surface area contributed by atoms with Crippen molar-refractivity contribution in [2.45, 2.75) is 46.1 Å². The summed E-state index contributed by atoms with van der Waals surface area (Å²) in [6, 6.07) is 8.81. The Labute approximate surface area is 141 Å². The summed E-state index contributed by atoms with van der Waals surface area (Å²) in [5.74, 6) is -0.112. The van der Waals surface area contributed by atoms with Gasteiger partial charge in [-0.3, -0.25) is 9.59 Å². The molecule has 3 rings (SSSR count). The molecule has 1 aromatic heterocycles. The van der Waals surface area contributed by atoms with Crippen LogP contribution < -0.4 is 10.5 Å². The molecule has 1 aliphatic carbocycles. The van der Waals surface area contributed by atoms with E-state index in [2.05, 4.69) is 5.10 Å². The summed E-state index contributed by atoms with van der Waals surface area (Å²) in [4.78, 5) is 27.1. The number of amides is 1. The van der Waals surface area contributed by atoms with Crippen LogP contribution in [0.15, 0.2) is 35.1 Å². The Kier molecular flexibility index (Phi) is 4.51. The van der Waals surface area contributed by atoms with Crippen molar-refractivity contribution in [3.63, 3.8) is 0 Å². The quantitative estimate of drug-likeness (QED) is 0.868. The van der Waals surface area contributed by atoms with Gasteiger partial charge in [-0.15, -0.1) is 0 Å². The van der Waals surface area contributed by atoms with Gasteiger partial charge in [0.1, 0.15) is 6.04 Å². The van der Waals surface area contributed by atoms with Crippen LogP contribution in [0, 0.1) is 6.92 Å². The number of anilines is 1. The third-order valence-electron chi connectivity index (χ3n) is 4.70. The van der Waals surface area contributed by atoms with Crippen molar-refractivity contribution >= 4 is 11.6 Å². The third kappa shape index (κ3) is 2.86. The van der Waals surface area contributed by atoms with Crippen LogP contribution in [0.5, 0.6) is 0 Å². The number of para-hydroxylation sites is 1. The fraction of sp³-hybridized carbons (Fsp3) is 0.421. The molecule has 1 unspecified atom stereocenters. The van der Waals surface area contributed by atoms with Crippen molar-refractivity contribution in [2.24, 2.45) is 0 Å². The van der Waals surface area contributed by atoms with E-state index in [4.69, 9.17) is 0 Å². The van der Waals surface area contributed by atoms with Crippen molar-refractivity contribution in [2.75, 3.05) is 11.4 Å². The first-order valence-electron chi connectivity index (χ1n) is 8.51. The van der Waals surface area contributed by atoms with E-state index in [1.807, 2.05) is 38.1 Å². The number of likely N-dealkylation sites (N-methyl/N-ethyl adjacent to an activating group) is 1. The molecule has 0 saturated heterocycles. The van der Waals surface area contributed by atoms with Crippen LogP contribution in [-0.2, 0) is 17.6 Å². The predicted molar refractivity (Wildman–Crippen MR) is 94.4 cm³/mol. The molecule has 0 fully saturated rings. The van der Waals surface area contributed by atoms with Gasteiger partial charge in [0.25, 0.3) is 11.5 Å². The smallest absolute Gasteiger partial charge is 0.267 e. The minimum Gasteiger partial charge on any atom is -0.311 e. The molecule has 24 heavy (non-hydrogen) atoms. The van der Waals surface area contributed by atoms with E-state index in [0.717, 1.165) is 41.8 Å². The highest BCUT2D eigenvalue weighted by atomic mass is 16.2. The first kappa shape index (κ1) is 16.4. The highest BCUT2D eigenvalue weighted by Crippen LogP contribution is 2.23. The molecule has 1 aliphatic rings. The second-order valence-electron chi connectivity index (χ2n) is 6.30. The van der Waals surface area contributed by atoms with E-state index >= 15 is 0 Å². The summed E-state index contributed by atoms with van der Waals surface area (Å²) in [6.45, 7) is 6.22. The largest absolute Gasteiger partial charge is 0.311 e. The molecule has 126 valence electrons. The highest BCUT2D eigenvalue weighted by Gasteiger charge is 2.26. The van der Waals surface area contributed by atoms with Crippen molar-refractivity contribution < 1.29 is 4.79 Å². The predicted octanol–water partition coefficient (Wildman–Crippen LogP) is 2.65. The van der Waals surface area contributed by atoms with E-state index in [9.17, 15) is 9.59 Å². The highest BCUT2D eigenvalue weighted by molar-refractivity contribution is 5.96. The van der Waals surface area contributed by atoms with Gasteiger partial charge in [0.2, 0.25) is 0 Å². The Morgan fingerprint density at radius 1 is 1.33 bits per heavy atom. The third-order valence-corrected chi connectivity index (χ3v) is 4.70. The van der Waals surface area contributed by atoms with Crippen molar-refractivity contribution in [1.82, 2.24) is 9.78 Å². The van der Waals surface area contributed by atoms with E-state index in [1.54, 1.807) is 17.9 Å². The lowest BCUT2D eigenvalue weighted by Gasteiger charge is -2.26. The van der Waals surface area contributed by atoms with Gasteiger partial charge in [-0.05, 0) is 57.2 Å². The summed E-state index contributed by atoms with van der Waals surface area (Å²) in [5, 5.41) is 4.46. The topological polar surface area (TPSA) is 55.2 Å². The minimum absolute atomic E-state index is 0.112. The van der Waals surface area contributed by atoms with E-state index < -0.39 is 6.04 Å². The Balaban J connectivity index is 1.94. The normalized spacial score (nSPS) is 14.3. The Morgan fingerprint density at radius 3 is 2.79 bits per heavy atom. The molecule has 0 spiro atoms. The average molecular weight is 325 g/mol. The molecule has 0 radical (unpaired) electrons. The second-order valence-corrected chi connectivity index (χ2v) is 6.30. The zero-order valence-corrected chi connectivity index (χ0v) is 14.5. The Hall–Kier alpha value is -2.43. The maximum absolute atomic E-state index is 13.0. The number of benzene rings is 1. The number of carbonyl (C=O) groups is 1. The number of hydrogen-bond acceptors (Lipinski definition) is 3. The number of nitrogens with zero attached hydrogens (tertiary/aromatic N) is 3. The van der Waals surface area contributed by atoms with Crippen molar-refractivity contribution in [3.05, 3.63) is 57.5 Å². The van der Waals surface area contributed by atoms with Crippen LogP contribution in [-0.4, -0.2) is 22.2 Å². The number of carbonyl (C=O) groups excluding carboxylic acids is 1. The number of aryl methyl sites for hydroxylation is 3. The van der Waals surface area contributed by atoms with Gasteiger partial charge in [0, 0.05) is 18.3 Å². The summed E-state index contributed by atoms with van der Waals surface area (Å²) in [5.41, 5.74) is 3.70.